The zero-order chi connectivity index (χ0) is 14.1. The molecule has 4 nitrogen and oxygen atoms in total. The van der Waals surface area contributed by atoms with E-state index in [0.717, 1.165) is 38.9 Å². The van der Waals surface area contributed by atoms with Gasteiger partial charge >= 0.3 is 0 Å². The lowest BCUT2D eigenvalue weighted by atomic mass is 9.80. The van der Waals surface area contributed by atoms with E-state index in [2.05, 4.69) is 24.2 Å². The first-order valence-electron chi connectivity index (χ1n) is 7.41. The van der Waals surface area contributed by atoms with Crippen LogP contribution in [-0.4, -0.2) is 57.5 Å². The topological polar surface area (TPSA) is 49.4 Å². The van der Waals surface area contributed by atoms with Crippen LogP contribution in [0.5, 0.6) is 0 Å². The Morgan fingerprint density at radius 3 is 2.47 bits per heavy atom. The van der Waals surface area contributed by atoms with Gasteiger partial charge in [0, 0.05) is 18.8 Å². The molecule has 2 rings (SSSR count). The molecule has 0 aromatic rings. The highest BCUT2D eigenvalue weighted by Gasteiger charge is 2.36. The van der Waals surface area contributed by atoms with Crippen LogP contribution in [-0.2, 0) is 9.84 Å². The molecule has 112 valence electrons. The van der Waals surface area contributed by atoms with E-state index >= 15 is 0 Å². The average Bonchev–Trinajstić information content (AvgIpc) is 2.79. The Morgan fingerprint density at radius 1 is 1.26 bits per heavy atom. The fraction of sp³-hybridized carbons (Fsp3) is 1.00. The summed E-state index contributed by atoms with van der Waals surface area (Å²) in [5.74, 6) is 0. The van der Waals surface area contributed by atoms with Crippen molar-refractivity contribution in [2.24, 2.45) is 5.41 Å². The second-order valence-electron chi connectivity index (χ2n) is 6.90. The molecule has 0 bridgehead atoms. The van der Waals surface area contributed by atoms with Crippen LogP contribution in [0.3, 0.4) is 0 Å². The van der Waals surface area contributed by atoms with Crippen molar-refractivity contribution < 1.29 is 8.42 Å². The van der Waals surface area contributed by atoms with Crippen LogP contribution in [0.1, 0.15) is 39.0 Å². The molecule has 1 N–H and O–H groups in total. The van der Waals surface area contributed by atoms with E-state index in [1.165, 1.54) is 19.1 Å². The summed E-state index contributed by atoms with van der Waals surface area (Å²) in [6.07, 6.45) is 6.66. The van der Waals surface area contributed by atoms with Crippen LogP contribution in [0.15, 0.2) is 0 Å². The normalized spacial score (nSPS) is 32.6. The molecule has 2 unspecified atom stereocenters. The first-order valence-corrected chi connectivity index (χ1v) is 9.36. The minimum Gasteiger partial charge on any atom is -0.312 e. The van der Waals surface area contributed by atoms with Crippen molar-refractivity contribution in [2.45, 2.75) is 50.3 Å². The molecule has 0 aromatic carbocycles. The summed E-state index contributed by atoms with van der Waals surface area (Å²) in [4.78, 5) is 2.37. The third kappa shape index (κ3) is 3.92. The SMILES string of the molecule is CN1CCC(C)(CNC2CCCC2S(C)(=O)=O)CC1. The molecule has 0 aromatic heterocycles. The summed E-state index contributed by atoms with van der Waals surface area (Å²) in [5.41, 5.74) is 0.331. The number of sulfone groups is 1. The minimum atomic E-state index is -2.90. The number of piperidine rings is 1. The standard InChI is InChI=1S/C14H28N2O2S/c1-14(7-9-16(2)10-8-14)11-15-12-5-4-6-13(12)19(3,17)18/h12-13,15H,4-11H2,1-3H3. The van der Waals surface area contributed by atoms with Gasteiger partial charge in [-0.1, -0.05) is 13.3 Å². The Bertz CT molecular complexity index is 400. The Hall–Kier alpha value is -0.130. The highest BCUT2D eigenvalue weighted by Crippen LogP contribution is 2.31. The van der Waals surface area contributed by atoms with Crippen LogP contribution >= 0.6 is 0 Å². The van der Waals surface area contributed by atoms with E-state index in [9.17, 15) is 8.42 Å². The van der Waals surface area contributed by atoms with Gasteiger partial charge in [0.25, 0.3) is 0 Å². The van der Waals surface area contributed by atoms with E-state index in [0.29, 0.717) is 5.41 Å². The molecule has 19 heavy (non-hydrogen) atoms. The minimum absolute atomic E-state index is 0.164. The highest BCUT2D eigenvalue weighted by atomic mass is 32.2. The van der Waals surface area contributed by atoms with Gasteiger partial charge in [-0.3, -0.25) is 0 Å². The third-order valence-electron chi connectivity index (χ3n) is 4.99. The number of hydrogen-bond acceptors (Lipinski definition) is 4. The Morgan fingerprint density at radius 2 is 1.89 bits per heavy atom. The van der Waals surface area contributed by atoms with E-state index in [1.807, 2.05) is 0 Å². The first kappa shape index (κ1) is 15.3. The molecular formula is C14H28N2O2S. The summed E-state index contributed by atoms with van der Waals surface area (Å²) >= 11 is 0. The quantitative estimate of drug-likeness (QED) is 0.846. The summed E-state index contributed by atoms with van der Waals surface area (Å²) < 4.78 is 23.5. The molecule has 1 saturated carbocycles. The number of hydrogen-bond donors (Lipinski definition) is 1. The molecule has 0 spiro atoms. The fourth-order valence-corrected chi connectivity index (χ4v) is 4.81. The van der Waals surface area contributed by atoms with Crippen molar-refractivity contribution in [3.63, 3.8) is 0 Å². The zero-order valence-corrected chi connectivity index (χ0v) is 13.3. The number of likely N-dealkylation sites (tertiary alicyclic amines) is 1. The molecule has 0 amide bonds. The molecule has 2 fully saturated rings. The van der Waals surface area contributed by atoms with Gasteiger partial charge in [-0.05, 0) is 51.2 Å². The predicted octanol–water partition coefficient (Wildman–Crippen LogP) is 1.27. The van der Waals surface area contributed by atoms with Crippen molar-refractivity contribution in [2.75, 3.05) is 32.9 Å². The lowest BCUT2D eigenvalue weighted by molar-refractivity contribution is 0.133. The molecule has 1 heterocycles. The Labute approximate surface area is 117 Å². The van der Waals surface area contributed by atoms with Crippen LogP contribution in [0.2, 0.25) is 0 Å². The fourth-order valence-electron chi connectivity index (χ4n) is 3.38. The van der Waals surface area contributed by atoms with E-state index in [4.69, 9.17) is 0 Å². The number of nitrogens with zero attached hydrogens (tertiary/aromatic N) is 1. The van der Waals surface area contributed by atoms with Crippen molar-refractivity contribution in [1.82, 2.24) is 10.2 Å². The van der Waals surface area contributed by atoms with Crippen molar-refractivity contribution in [3.05, 3.63) is 0 Å². The molecule has 1 saturated heterocycles. The molecule has 1 aliphatic carbocycles. The van der Waals surface area contributed by atoms with Gasteiger partial charge in [0.15, 0.2) is 9.84 Å². The van der Waals surface area contributed by atoms with Crippen molar-refractivity contribution >= 4 is 9.84 Å². The number of rotatable bonds is 4. The van der Waals surface area contributed by atoms with Gasteiger partial charge in [-0.15, -0.1) is 0 Å². The molecule has 2 aliphatic rings. The largest absolute Gasteiger partial charge is 0.312 e. The van der Waals surface area contributed by atoms with Crippen molar-refractivity contribution in [3.8, 4) is 0 Å². The molecule has 1 aliphatic heterocycles. The van der Waals surface area contributed by atoms with Gasteiger partial charge < -0.3 is 10.2 Å². The molecule has 2 atom stereocenters. The van der Waals surface area contributed by atoms with Gasteiger partial charge in [-0.2, -0.15) is 0 Å². The molecule has 5 heteroatoms. The first-order chi connectivity index (χ1) is 8.80. The van der Waals surface area contributed by atoms with E-state index < -0.39 is 9.84 Å². The predicted molar refractivity (Wildman–Crippen MR) is 79.1 cm³/mol. The molecular weight excluding hydrogens is 260 g/mol. The zero-order valence-electron chi connectivity index (χ0n) is 12.5. The maximum atomic E-state index is 11.8. The highest BCUT2D eigenvalue weighted by molar-refractivity contribution is 7.91. The molecule has 0 radical (unpaired) electrons. The van der Waals surface area contributed by atoms with Crippen LogP contribution in [0.4, 0.5) is 0 Å². The Balaban J connectivity index is 1.88. The smallest absolute Gasteiger partial charge is 0.151 e. The van der Waals surface area contributed by atoms with Crippen LogP contribution in [0, 0.1) is 5.41 Å². The lowest BCUT2D eigenvalue weighted by Crippen LogP contribution is -2.47. The second kappa shape index (κ2) is 5.70. The van der Waals surface area contributed by atoms with Gasteiger partial charge in [0.05, 0.1) is 5.25 Å². The maximum absolute atomic E-state index is 11.8. The van der Waals surface area contributed by atoms with Crippen LogP contribution in [0.25, 0.3) is 0 Å². The lowest BCUT2D eigenvalue weighted by Gasteiger charge is -2.39. The Kier molecular flexibility index (Phi) is 4.58. The average molecular weight is 288 g/mol. The monoisotopic (exact) mass is 288 g/mol. The summed E-state index contributed by atoms with van der Waals surface area (Å²) in [7, 11) is -0.734. The summed E-state index contributed by atoms with van der Waals surface area (Å²) in [5, 5.41) is 3.40. The van der Waals surface area contributed by atoms with Gasteiger partial charge in [0.2, 0.25) is 0 Å². The summed E-state index contributed by atoms with van der Waals surface area (Å²) in [6.45, 7) is 5.59. The van der Waals surface area contributed by atoms with Gasteiger partial charge in [-0.25, -0.2) is 8.42 Å². The van der Waals surface area contributed by atoms with E-state index in [1.54, 1.807) is 0 Å². The van der Waals surface area contributed by atoms with Gasteiger partial charge in [0.1, 0.15) is 0 Å². The van der Waals surface area contributed by atoms with Crippen LogP contribution < -0.4 is 5.32 Å². The summed E-state index contributed by atoms with van der Waals surface area (Å²) in [6, 6.07) is 0.173. The maximum Gasteiger partial charge on any atom is 0.151 e. The third-order valence-corrected chi connectivity index (χ3v) is 6.65. The van der Waals surface area contributed by atoms with E-state index in [-0.39, 0.29) is 11.3 Å². The number of nitrogens with one attached hydrogen (secondary N) is 1. The second-order valence-corrected chi connectivity index (χ2v) is 9.16. The van der Waals surface area contributed by atoms with Crippen molar-refractivity contribution in [1.29, 1.82) is 0 Å².